The van der Waals surface area contributed by atoms with E-state index in [1.54, 1.807) is 6.07 Å². The molecule has 150 valence electrons. The molecule has 2 N–H and O–H groups in total. The van der Waals surface area contributed by atoms with Crippen LogP contribution in [0.2, 0.25) is 5.02 Å². The van der Waals surface area contributed by atoms with Gasteiger partial charge < -0.3 is 10.1 Å². The van der Waals surface area contributed by atoms with E-state index in [1.807, 2.05) is 0 Å². The number of benzene rings is 2. The van der Waals surface area contributed by atoms with Crippen LogP contribution in [0.3, 0.4) is 0 Å². The van der Waals surface area contributed by atoms with Crippen molar-refractivity contribution in [3.05, 3.63) is 79.6 Å². The number of aromatic hydroxyl groups is 1. The van der Waals surface area contributed by atoms with Crippen LogP contribution < -0.4 is 5.69 Å². The highest BCUT2D eigenvalue weighted by Crippen LogP contribution is 2.38. The van der Waals surface area contributed by atoms with Crippen LogP contribution in [0.4, 0.5) is 18.9 Å². The Bertz CT molecular complexity index is 1370. The summed E-state index contributed by atoms with van der Waals surface area (Å²) in [5.74, 6) is -3.07. The molecule has 0 saturated carbocycles. The summed E-state index contributed by atoms with van der Waals surface area (Å²) < 4.78 is 42.8. The molecule has 0 spiro atoms. The van der Waals surface area contributed by atoms with Crippen LogP contribution in [0.5, 0.6) is 5.88 Å². The van der Waals surface area contributed by atoms with Gasteiger partial charge in [0.05, 0.1) is 17.1 Å². The predicted octanol–water partition coefficient (Wildman–Crippen LogP) is 4.13. The number of aromatic amines is 1. The SMILES string of the molecule is N#Cc1cc(F)c(Cn2c(O)c(/C=C3\C=Nc4c3ccc(Cl)c4F)[nH]c2=O)cc1F. The molecule has 0 saturated heterocycles. The molecule has 0 amide bonds. The summed E-state index contributed by atoms with van der Waals surface area (Å²) in [5.41, 5.74) is -0.666. The van der Waals surface area contributed by atoms with Crippen molar-refractivity contribution < 1.29 is 18.3 Å². The van der Waals surface area contributed by atoms with Gasteiger partial charge in [-0.1, -0.05) is 17.7 Å². The molecule has 1 aliphatic rings. The first-order valence-corrected chi connectivity index (χ1v) is 8.82. The molecule has 10 heteroatoms. The van der Waals surface area contributed by atoms with Gasteiger partial charge in [-0.3, -0.25) is 9.56 Å². The number of fused-ring (bicyclic) bond motifs is 1. The number of imidazole rings is 1. The third-order valence-electron chi connectivity index (χ3n) is 4.58. The summed E-state index contributed by atoms with van der Waals surface area (Å²) in [5, 5.41) is 19.1. The molecule has 1 aromatic heterocycles. The van der Waals surface area contributed by atoms with Crippen LogP contribution in [0.15, 0.2) is 34.1 Å². The average molecular weight is 431 g/mol. The molecule has 0 fully saturated rings. The second-order valence-electron chi connectivity index (χ2n) is 6.40. The smallest absolute Gasteiger partial charge is 0.329 e. The van der Waals surface area contributed by atoms with Gasteiger partial charge in [0.1, 0.15) is 29.1 Å². The lowest BCUT2D eigenvalue weighted by Crippen LogP contribution is -2.18. The van der Waals surface area contributed by atoms with Crippen molar-refractivity contribution in [2.24, 2.45) is 4.99 Å². The standard InChI is InChI=1S/C20H10ClF3N4O2/c21-13-2-1-12-10(7-26-18(12)17(13)24)5-16-19(29)28(20(30)27-16)8-11-4-14(22)9(6-25)3-15(11)23/h1-5,7,29H,8H2,(H,27,30)/b10-5+. The van der Waals surface area contributed by atoms with E-state index in [4.69, 9.17) is 16.9 Å². The van der Waals surface area contributed by atoms with Crippen molar-refractivity contribution in [2.45, 2.75) is 6.54 Å². The molecule has 0 aliphatic carbocycles. The van der Waals surface area contributed by atoms with E-state index in [9.17, 15) is 23.1 Å². The maximum atomic E-state index is 14.1. The van der Waals surface area contributed by atoms with Crippen molar-refractivity contribution in [2.75, 3.05) is 0 Å². The average Bonchev–Trinajstić information content (AvgIpc) is 3.23. The molecule has 3 aromatic rings. The van der Waals surface area contributed by atoms with E-state index in [0.717, 1.165) is 10.6 Å². The third kappa shape index (κ3) is 3.17. The molecule has 2 heterocycles. The van der Waals surface area contributed by atoms with Crippen molar-refractivity contribution in [3.63, 3.8) is 0 Å². The number of allylic oxidation sites excluding steroid dienone is 1. The van der Waals surface area contributed by atoms with E-state index < -0.39 is 41.1 Å². The Morgan fingerprint density at radius 1 is 1.27 bits per heavy atom. The van der Waals surface area contributed by atoms with Gasteiger partial charge in [-0.15, -0.1) is 0 Å². The topological polar surface area (TPSA) is 94.2 Å². The van der Waals surface area contributed by atoms with E-state index in [0.29, 0.717) is 17.2 Å². The van der Waals surface area contributed by atoms with E-state index in [1.165, 1.54) is 24.4 Å². The number of halogens is 4. The third-order valence-corrected chi connectivity index (χ3v) is 4.87. The van der Waals surface area contributed by atoms with E-state index >= 15 is 0 Å². The van der Waals surface area contributed by atoms with Crippen molar-refractivity contribution in [1.29, 1.82) is 5.26 Å². The Morgan fingerprint density at radius 2 is 2.03 bits per heavy atom. The Kier molecular flexibility index (Phi) is 4.72. The number of nitrogens with one attached hydrogen (secondary N) is 1. The minimum absolute atomic E-state index is 0.0285. The number of nitrogens with zero attached hydrogens (tertiary/aromatic N) is 3. The predicted molar refractivity (Wildman–Crippen MR) is 104 cm³/mol. The van der Waals surface area contributed by atoms with Gasteiger partial charge in [0.25, 0.3) is 0 Å². The van der Waals surface area contributed by atoms with Gasteiger partial charge in [-0.2, -0.15) is 5.26 Å². The normalized spacial score (nSPS) is 13.6. The van der Waals surface area contributed by atoms with Crippen LogP contribution in [-0.4, -0.2) is 20.9 Å². The highest BCUT2D eigenvalue weighted by Gasteiger charge is 2.21. The zero-order chi connectivity index (χ0) is 21.6. The molecular weight excluding hydrogens is 421 g/mol. The Morgan fingerprint density at radius 3 is 2.77 bits per heavy atom. The number of aliphatic imine (C=N–C) groups is 1. The summed E-state index contributed by atoms with van der Waals surface area (Å²) >= 11 is 5.74. The minimum Gasteiger partial charge on any atom is -0.493 e. The summed E-state index contributed by atoms with van der Waals surface area (Å²) in [4.78, 5) is 18.6. The second kappa shape index (κ2) is 7.24. The maximum absolute atomic E-state index is 14.1. The highest BCUT2D eigenvalue weighted by molar-refractivity contribution is 6.31. The molecule has 2 aromatic carbocycles. The number of nitriles is 1. The molecule has 0 atom stereocenters. The van der Waals surface area contributed by atoms with Crippen molar-refractivity contribution >= 4 is 35.2 Å². The lowest BCUT2D eigenvalue weighted by molar-refractivity contribution is 0.418. The quantitative estimate of drug-likeness (QED) is 0.654. The zero-order valence-electron chi connectivity index (χ0n) is 14.9. The largest absolute Gasteiger partial charge is 0.493 e. The van der Waals surface area contributed by atoms with Crippen LogP contribution in [0.25, 0.3) is 11.6 Å². The van der Waals surface area contributed by atoms with Crippen LogP contribution in [-0.2, 0) is 6.54 Å². The van der Waals surface area contributed by atoms with Crippen molar-refractivity contribution in [3.8, 4) is 11.9 Å². The first-order valence-electron chi connectivity index (χ1n) is 8.44. The first kappa shape index (κ1) is 19.5. The maximum Gasteiger partial charge on any atom is 0.329 e. The number of aromatic nitrogens is 2. The molecule has 6 nitrogen and oxygen atoms in total. The lowest BCUT2D eigenvalue weighted by Gasteiger charge is -2.06. The van der Waals surface area contributed by atoms with Gasteiger partial charge in [0.2, 0.25) is 5.88 Å². The van der Waals surface area contributed by atoms with E-state index in [-0.39, 0.29) is 22.0 Å². The fraction of sp³-hybridized carbons (Fsp3) is 0.0500. The number of hydrogen-bond donors (Lipinski definition) is 2. The van der Waals surface area contributed by atoms with Gasteiger partial charge in [0, 0.05) is 22.9 Å². The number of hydrogen-bond acceptors (Lipinski definition) is 4. The Balaban J connectivity index is 1.72. The monoisotopic (exact) mass is 430 g/mol. The summed E-state index contributed by atoms with van der Waals surface area (Å²) in [7, 11) is 0. The molecular formula is C20H10ClF3N4O2. The van der Waals surface area contributed by atoms with Gasteiger partial charge >= 0.3 is 5.69 Å². The Hall–Kier alpha value is -3.77. The van der Waals surface area contributed by atoms with E-state index in [2.05, 4.69) is 9.98 Å². The fourth-order valence-corrected chi connectivity index (χ4v) is 3.22. The van der Waals surface area contributed by atoms with Gasteiger partial charge in [0.15, 0.2) is 5.82 Å². The molecule has 1 aliphatic heterocycles. The van der Waals surface area contributed by atoms with Gasteiger partial charge in [-0.05, 0) is 24.3 Å². The molecule has 30 heavy (non-hydrogen) atoms. The molecule has 4 rings (SSSR count). The fourth-order valence-electron chi connectivity index (χ4n) is 3.07. The number of H-pyrrole nitrogens is 1. The minimum atomic E-state index is -0.946. The molecule has 0 bridgehead atoms. The summed E-state index contributed by atoms with van der Waals surface area (Å²) in [6.07, 6.45) is 2.71. The highest BCUT2D eigenvalue weighted by atomic mass is 35.5. The first-order chi connectivity index (χ1) is 14.3. The lowest BCUT2D eigenvalue weighted by atomic mass is 10.1. The van der Waals surface area contributed by atoms with Crippen LogP contribution in [0, 0.1) is 28.8 Å². The van der Waals surface area contributed by atoms with Gasteiger partial charge in [-0.25, -0.2) is 18.0 Å². The molecule has 0 unspecified atom stereocenters. The molecule has 0 radical (unpaired) electrons. The van der Waals surface area contributed by atoms with Crippen molar-refractivity contribution in [1.82, 2.24) is 9.55 Å². The summed E-state index contributed by atoms with van der Waals surface area (Å²) in [6, 6.07) is 5.92. The summed E-state index contributed by atoms with van der Waals surface area (Å²) in [6.45, 7) is -0.478. The second-order valence-corrected chi connectivity index (χ2v) is 6.81. The number of rotatable bonds is 3. The zero-order valence-corrected chi connectivity index (χ0v) is 15.6. The van der Waals surface area contributed by atoms with Crippen LogP contribution in [0.1, 0.15) is 22.4 Å². The Labute approximate surface area is 171 Å². The van der Waals surface area contributed by atoms with Crippen LogP contribution >= 0.6 is 11.6 Å².